The van der Waals surface area contributed by atoms with Gasteiger partial charge in [-0.15, -0.1) is 0 Å². The van der Waals surface area contributed by atoms with Gasteiger partial charge in [0.25, 0.3) is 5.69 Å². The van der Waals surface area contributed by atoms with Gasteiger partial charge in [-0.05, 0) is 31.4 Å². The van der Waals surface area contributed by atoms with Crippen LogP contribution in [-0.2, 0) is 11.2 Å². The van der Waals surface area contributed by atoms with Crippen LogP contribution in [0.4, 0.5) is 5.69 Å². The van der Waals surface area contributed by atoms with E-state index >= 15 is 0 Å². The van der Waals surface area contributed by atoms with E-state index in [9.17, 15) is 14.9 Å². The fourth-order valence-corrected chi connectivity index (χ4v) is 1.38. The van der Waals surface area contributed by atoms with Crippen LogP contribution in [0.2, 0.25) is 0 Å². The number of non-ortho nitro benzene ring substituents is 1. The van der Waals surface area contributed by atoms with Crippen LogP contribution in [0.5, 0.6) is 0 Å². The summed E-state index contributed by atoms with van der Waals surface area (Å²) in [5.74, 6) is 0.132. The smallest absolute Gasteiger partial charge is 0.269 e. The van der Waals surface area contributed by atoms with Crippen molar-refractivity contribution in [2.24, 2.45) is 0 Å². The second-order valence-corrected chi connectivity index (χ2v) is 3.57. The molecule has 1 rings (SSSR count). The van der Waals surface area contributed by atoms with Crippen molar-refractivity contribution < 1.29 is 9.72 Å². The first-order chi connectivity index (χ1) is 7.00. The number of carbonyl (C=O) groups excluding carboxylic acids is 1. The Morgan fingerprint density at radius 3 is 2.60 bits per heavy atom. The molecule has 0 saturated carbocycles. The first-order valence-electron chi connectivity index (χ1n) is 4.74. The summed E-state index contributed by atoms with van der Waals surface area (Å²) in [6.45, 7) is 3.36. The van der Waals surface area contributed by atoms with E-state index in [0.29, 0.717) is 12.8 Å². The minimum absolute atomic E-state index is 0.0964. The van der Waals surface area contributed by atoms with Crippen molar-refractivity contribution in [3.8, 4) is 0 Å². The molecule has 0 aliphatic carbocycles. The molecule has 0 heterocycles. The van der Waals surface area contributed by atoms with E-state index in [1.165, 1.54) is 12.1 Å². The van der Waals surface area contributed by atoms with Gasteiger partial charge in [-0.25, -0.2) is 0 Å². The maximum atomic E-state index is 10.8. The van der Waals surface area contributed by atoms with Gasteiger partial charge in [0, 0.05) is 18.6 Å². The maximum absolute atomic E-state index is 10.8. The maximum Gasteiger partial charge on any atom is 0.269 e. The minimum Gasteiger partial charge on any atom is -0.300 e. The molecule has 80 valence electrons. The number of rotatable bonds is 4. The number of hydrogen-bond donors (Lipinski definition) is 0. The predicted octanol–water partition coefficient (Wildman–Crippen LogP) is 2.42. The van der Waals surface area contributed by atoms with E-state index in [1.54, 1.807) is 13.0 Å². The lowest BCUT2D eigenvalue weighted by Gasteiger charge is -2.03. The minimum atomic E-state index is -0.415. The van der Waals surface area contributed by atoms with Gasteiger partial charge in [0.05, 0.1) is 4.92 Å². The Hall–Kier alpha value is -1.71. The molecule has 1 aromatic rings. The highest BCUT2D eigenvalue weighted by Gasteiger charge is 2.08. The number of hydrogen-bond acceptors (Lipinski definition) is 3. The number of nitrogens with zero attached hydrogens (tertiary/aromatic N) is 1. The van der Waals surface area contributed by atoms with E-state index in [-0.39, 0.29) is 11.5 Å². The molecule has 0 aromatic heterocycles. The van der Waals surface area contributed by atoms with E-state index < -0.39 is 4.92 Å². The van der Waals surface area contributed by atoms with Crippen LogP contribution < -0.4 is 0 Å². The lowest BCUT2D eigenvalue weighted by Crippen LogP contribution is -1.97. The highest BCUT2D eigenvalue weighted by Crippen LogP contribution is 2.18. The number of ketones is 1. The summed E-state index contributed by atoms with van der Waals surface area (Å²) < 4.78 is 0. The molecule has 0 bridgehead atoms. The van der Waals surface area contributed by atoms with Crippen LogP contribution in [0.25, 0.3) is 0 Å². The van der Waals surface area contributed by atoms with Gasteiger partial charge in [-0.2, -0.15) is 0 Å². The first kappa shape index (κ1) is 11.4. The van der Waals surface area contributed by atoms with Crippen LogP contribution in [0.3, 0.4) is 0 Å². The average molecular weight is 207 g/mol. The third-order valence-corrected chi connectivity index (χ3v) is 2.28. The van der Waals surface area contributed by atoms with Crippen molar-refractivity contribution in [3.63, 3.8) is 0 Å². The zero-order valence-corrected chi connectivity index (χ0v) is 8.82. The SMILES string of the molecule is CC(=O)CCc1ccc([N+](=O)[O-])cc1C. The number of benzene rings is 1. The third kappa shape index (κ3) is 3.16. The molecule has 0 amide bonds. The van der Waals surface area contributed by atoms with Crippen LogP contribution in [0.1, 0.15) is 24.5 Å². The van der Waals surface area contributed by atoms with Crippen molar-refractivity contribution in [1.29, 1.82) is 0 Å². The largest absolute Gasteiger partial charge is 0.300 e. The number of Topliss-reactive ketones (excluding diaryl/α,β-unsaturated/α-hetero) is 1. The molecule has 0 radical (unpaired) electrons. The van der Waals surface area contributed by atoms with Gasteiger partial charge in [0.1, 0.15) is 5.78 Å². The standard InChI is InChI=1S/C11H13NO3/c1-8-7-11(12(14)15)6-5-10(8)4-3-9(2)13/h5-7H,3-4H2,1-2H3. The molecule has 15 heavy (non-hydrogen) atoms. The second-order valence-electron chi connectivity index (χ2n) is 3.57. The van der Waals surface area contributed by atoms with Gasteiger partial charge in [0.2, 0.25) is 0 Å². The monoisotopic (exact) mass is 207 g/mol. The zero-order chi connectivity index (χ0) is 11.4. The van der Waals surface area contributed by atoms with Gasteiger partial charge < -0.3 is 4.79 Å². The second kappa shape index (κ2) is 4.68. The summed E-state index contributed by atoms with van der Waals surface area (Å²) in [6, 6.07) is 4.73. The molecule has 0 fully saturated rings. The quantitative estimate of drug-likeness (QED) is 0.562. The van der Waals surface area contributed by atoms with Gasteiger partial charge >= 0.3 is 0 Å². The summed E-state index contributed by atoms with van der Waals surface area (Å²) in [5.41, 5.74) is 1.96. The summed E-state index contributed by atoms with van der Waals surface area (Å²) in [6.07, 6.45) is 1.14. The average Bonchev–Trinajstić information content (AvgIpc) is 2.15. The third-order valence-electron chi connectivity index (χ3n) is 2.28. The molecule has 0 aliphatic heterocycles. The van der Waals surface area contributed by atoms with Crippen molar-refractivity contribution >= 4 is 11.5 Å². The molecule has 0 N–H and O–H groups in total. The Bertz CT molecular complexity index is 399. The van der Waals surface area contributed by atoms with E-state index in [1.807, 2.05) is 6.92 Å². The highest BCUT2D eigenvalue weighted by molar-refractivity contribution is 5.75. The number of nitro groups is 1. The fraction of sp³-hybridized carbons (Fsp3) is 0.364. The number of nitro benzene ring substituents is 1. The van der Waals surface area contributed by atoms with Crippen LogP contribution in [0.15, 0.2) is 18.2 Å². The molecule has 0 unspecified atom stereocenters. The highest BCUT2D eigenvalue weighted by atomic mass is 16.6. The Morgan fingerprint density at radius 1 is 1.47 bits per heavy atom. The van der Waals surface area contributed by atoms with Gasteiger partial charge in [-0.1, -0.05) is 6.07 Å². The van der Waals surface area contributed by atoms with Gasteiger partial charge in [-0.3, -0.25) is 10.1 Å². The number of aryl methyl sites for hydroxylation is 2. The molecule has 4 nitrogen and oxygen atoms in total. The Balaban J connectivity index is 2.83. The number of carbonyl (C=O) groups is 1. The van der Waals surface area contributed by atoms with E-state index in [0.717, 1.165) is 11.1 Å². The van der Waals surface area contributed by atoms with Crippen molar-refractivity contribution in [2.75, 3.05) is 0 Å². The Kier molecular flexibility index (Phi) is 3.55. The zero-order valence-electron chi connectivity index (χ0n) is 8.82. The first-order valence-corrected chi connectivity index (χ1v) is 4.74. The van der Waals surface area contributed by atoms with Crippen molar-refractivity contribution in [1.82, 2.24) is 0 Å². The normalized spacial score (nSPS) is 10.0. The van der Waals surface area contributed by atoms with Crippen LogP contribution >= 0.6 is 0 Å². The molecule has 0 saturated heterocycles. The molecular weight excluding hydrogens is 194 g/mol. The van der Waals surface area contributed by atoms with Crippen molar-refractivity contribution in [3.05, 3.63) is 39.4 Å². The summed E-state index contributed by atoms with van der Waals surface area (Å²) in [5, 5.41) is 10.5. The fourth-order valence-electron chi connectivity index (χ4n) is 1.38. The van der Waals surface area contributed by atoms with Crippen molar-refractivity contribution in [2.45, 2.75) is 26.7 Å². The molecule has 0 spiro atoms. The lowest BCUT2D eigenvalue weighted by molar-refractivity contribution is -0.384. The Labute approximate surface area is 88.1 Å². The molecule has 4 heteroatoms. The molecule has 0 atom stereocenters. The molecule has 1 aromatic carbocycles. The van der Waals surface area contributed by atoms with Gasteiger partial charge in [0.15, 0.2) is 0 Å². The molecular formula is C11H13NO3. The van der Waals surface area contributed by atoms with Crippen LogP contribution in [-0.4, -0.2) is 10.7 Å². The summed E-state index contributed by atoms with van der Waals surface area (Å²) in [4.78, 5) is 20.9. The topological polar surface area (TPSA) is 60.2 Å². The lowest BCUT2D eigenvalue weighted by atomic mass is 10.0. The van der Waals surface area contributed by atoms with E-state index in [2.05, 4.69) is 0 Å². The Morgan fingerprint density at radius 2 is 2.13 bits per heavy atom. The van der Waals surface area contributed by atoms with E-state index in [4.69, 9.17) is 0 Å². The summed E-state index contributed by atoms with van der Waals surface area (Å²) >= 11 is 0. The summed E-state index contributed by atoms with van der Waals surface area (Å²) in [7, 11) is 0. The predicted molar refractivity (Wildman–Crippen MR) is 56.8 cm³/mol. The van der Waals surface area contributed by atoms with Crippen LogP contribution in [0, 0.1) is 17.0 Å². The molecule has 0 aliphatic rings.